The third kappa shape index (κ3) is 3.59. The molecule has 2 nitrogen and oxygen atoms in total. The van der Waals surface area contributed by atoms with Crippen LogP contribution in [0.3, 0.4) is 0 Å². The molecular formula is C16H22O2. The summed E-state index contributed by atoms with van der Waals surface area (Å²) in [4.78, 5) is 12.0. The van der Waals surface area contributed by atoms with Crippen molar-refractivity contribution in [3.05, 3.63) is 29.8 Å². The second kappa shape index (κ2) is 6.58. The van der Waals surface area contributed by atoms with Crippen LogP contribution in [0.2, 0.25) is 0 Å². The number of hydrogen-bond donors (Lipinski definition) is 0. The highest BCUT2D eigenvalue weighted by molar-refractivity contribution is 5.81. The van der Waals surface area contributed by atoms with E-state index in [0.29, 0.717) is 24.7 Å². The number of para-hydroxylation sites is 1. The molecular weight excluding hydrogens is 224 g/mol. The third-order valence-corrected chi connectivity index (χ3v) is 3.76. The highest BCUT2D eigenvalue weighted by Gasteiger charge is 2.20. The number of ether oxygens (including phenoxy) is 1. The summed E-state index contributed by atoms with van der Waals surface area (Å²) in [5.41, 5.74) is 1.13. The smallest absolute Gasteiger partial charge is 0.139 e. The topological polar surface area (TPSA) is 26.3 Å². The molecule has 0 aliphatic heterocycles. The maximum absolute atomic E-state index is 12.0. The first-order valence-electron chi connectivity index (χ1n) is 6.98. The van der Waals surface area contributed by atoms with Crippen LogP contribution in [-0.4, -0.2) is 12.4 Å². The first kappa shape index (κ1) is 13.1. The van der Waals surface area contributed by atoms with E-state index in [1.54, 1.807) is 0 Å². The summed E-state index contributed by atoms with van der Waals surface area (Å²) in [6.07, 6.45) is 6.46. The zero-order valence-electron chi connectivity index (χ0n) is 11.2. The lowest BCUT2D eigenvalue weighted by Crippen LogP contribution is -2.19. The van der Waals surface area contributed by atoms with Gasteiger partial charge in [-0.15, -0.1) is 0 Å². The first-order valence-corrected chi connectivity index (χ1v) is 6.98. The fourth-order valence-electron chi connectivity index (χ4n) is 2.61. The van der Waals surface area contributed by atoms with Crippen LogP contribution in [0.1, 0.15) is 44.1 Å². The van der Waals surface area contributed by atoms with Crippen LogP contribution < -0.4 is 4.74 Å². The molecule has 0 N–H and O–H groups in total. The Hall–Kier alpha value is -1.31. The van der Waals surface area contributed by atoms with Gasteiger partial charge in [0.2, 0.25) is 0 Å². The predicted octanol–water partition coefficient (Wildman–Crippen LogP) is 3.91. The Labute approximate surface area is 109 Å². The van der Waals surface area contributed by atoms with Crippen molar-refractivity contribution in [2.24, 2.45) is 5.92 Å². The van der Waals surface area contributed by atoms with Gasteiger partial charge in [-0.05, 0) is 31.4 Å². The van der Waals surface area contributed by atoms with E-state index in [1.807, 2.05) is 31.2 Å². The Bertz CT molecular complexity index is 392. The van der Waals surface area contributed by atoms with Gasteiger partial charge in [0.15, 0.2) is 0 Å². The van der Waals surface area contributed by atoms with Crippen LogP contribution in [0, 0.1) is 12.8 Å². The van der Waals surface area contributed by atoms with E-state index in [4.69, 9.17) is 4.74 Å². The summed E-state index contributed by atoms with van der Waals surface area (Å²) < 4.78 is 5.68. The molecule has 0 heterocycles. The lowest BCUT2D eigenvalue weighted by molar-refractivity contribution is -0.124. The van der Waals surface area contributed by atoms with E-state index < -0.39 is 0 Å². The molecule has 0 amide bonds. The molecule has 1 aromatic carbocycles. The van der Waals surface area contributed by atoms with Crippen LogP contribution in [-0.2, 0) is 4.79 Å². The molecule has 0 spiro atoms. The van der Waals surface area contributed by atoms with E-state index in [-0.39, 0.29) is 0 Å². The second-order valence-corrected chi connectivity index (χ2v) is 5.17. The number of ketones is 1. The lowest BCUT2D eigenvalue weighted by atomic mass is 9.85. The highest BCUT2D eigenvalue weighted by atomic mass is 16.5. The molecule has 1 aliphatic carbocycles. The zero-order chi connectivity index (χ0) is 12.8. The van der Waals surface area contributed by atoms with Crippen LogP contribution in [0.5, 0.6) is 5.75 Å². The lowest BCUT2D eigenvalue weighted by Gasteiger charge is -2.20. The number of carbonyl (C=O) groups excluding carboxylic acids is 1. The molecule has 18 heavy (non-hydrogen) atoms. The molecule has 1 aliphatic rings. The fourth-order valence-corrected chi connectivity index (χ4v) is 2.61. The van der Waals surface area contributed by atoms with Gasteiger partial charge in [-0.1, -0.05) is 37.5 Å². The van der Waals surface area contributed by atoms with Gasteiger partial charge < -0.3 is 4.74 Å². The predicted molar refractivity (Wildman–Crippen MR) is 72.9 cm³/mol. The molecule has 0 radical (unpaired) electrons. The minimum atomic E-state index is 0.305. The van der Waals surface area contributed by atoms with Gasteiger partial charge in [0.25, 0.3) is 0 Å². The minimum absolute atomic E-state index is 0.305. The number of hydrogen-bond acceptors (Lipinski definition) is 2. The SMILES string of the molecule is Cc1ccccc1OCCC(=O)C1CCCCC1. The van der Waals surface area contributed by atoms with E-state index in [2.05, 4.69) is 0 Å². The van der Waals surface area contributed by atoms with Gasteiger partial charge in [-0.25, -0.2) is 0 Å². The quantitative estimate of drug-likeness (QED) is 0.787. The van der Waals surface area contributed by atoms with Crippen molar-refractivity contribution < 1.29 is 9.53 Å². The molecule has 0 bridgehead atoms. The number of aryl methyl sites for hydroxylation is 1. The van der Waals surface area contributed by atoms with E-state index in [1.165, 1.54) is 19.3 Å². The Morgan fingerprint density at radius 2 is 1.94 bits per heavy atom. The number of rotatable bonds is 5. The van der Waals surface area contributed by atoms with Gasteiger partial charge in [0.1, 0.15) is 11.5 Å². The standard InChI is InChI=1S/C16H22O2/c1-13-7-5-6-10-16(13)18-12-11-15(17)14-8-3-2-4-9-14/h5-7,10,14H,2-4,8-9,11-12H2,1H3. The van der Waals surface area contributed by atoms with E-state index >= 15 is 0 Å². The van der Waals surface area contributed by atoms with Gasteiger partial charge in [0.05, 0.1) is 6.61 Å². The Kier molecular flexibility index (Phi) is 4.80. The molecule has 1 aromatic rings. The summed E-state index contributed by atoms with van der Waals surface area (Å²) in [6, 6.07) is 7.94. The molecule has 0 saturated heterocycles. The maximum atomic E-state index is 12.0. The van der Waals surface area contributed by atoms with Crippen LogP contribution in [0.25, 0.3) is 0 Å². The van der Waals surface area contributed by atoms with Crippen molar-refractivity contribution in [1.82, 2.24) is 0 Å². The summed E-state index contributed by atoms with van der Waals surface area (Å²) in [5.74, 6) is 1.59. The molecule has 1 saturated carbocycles. The average Bonchev–Trinajstić information content (AvgIpc) is 2.42. The van der Waals surface area contributed by atoms with Gasteiger partial charge in [-0.3, -0.25) is 4.79 Å². The summed E-state index contributed by atoms with van der Waals surface area (Å²) in [6.45, 7) is 2.54. The van der Waals surface area contributed by atoms with Crippen molar-refractivity contribution in [1.29, 1.82) is 0 Å². The first-order chi connectivity index (χ1) is 8.77. The maximum Gasteiger partial charge on any atom is 0.139 e. The molecule has 1 fully saturated rings. The van der Waals surface area contributed by atoms with Crippen molar-refractivity contribution >= 4 is 5.78 Å². The largest absolute Gasteiger partial charge is 0.493 e. The minimum Gasteiger partial charge on any atom is -0.493 e. The summed E-state index contributed by atoms with van der Waals surface area (Å²) >= 11 is 0. The van der Waals surface area contributed by atoms with E-state index in [9.17, 15) is 4.79 Å². The van der Waals surface area contributed by atoms with E-state index in [0.717, 1.165) is 24.2 Å². The van der Waals surface area contributed by atoms with Gasteiger partial charge in [-0.2, -0.15) is 0 Å². The van der Waals surface area contributed by atoms with Crippen molar-refractivity contribution in [3.63, 3.8) is 0 Å². The van der Waals surface area contributed by atoms with Crippen LogP contribution >= 0.6 is 0 Å². The summed E-state index contributed by atoms with van der Waals surface area (Å²) in [5, 5.41) is 0. The van der Waals surface area contributed by atoms with Crippen LogP contribution in [0.4, 0.5) is 0 Å². The normalized spacial score (nSPS) is 16.5. The highest BCUT2D eigenvalue weighted by Crippen LogP contribution is 2.25. The van der Waals surface area contributed by atoms with Crippen LogP contribution in [0.15, 0.2) is 24.3 Å². The van der Waals surface area contributed by atoms with Crippen molar-refractivity contribution in [2.75, 3.05) is 6.61 Å². The molecule has 0 atom stereocenters. The molecule has 2 rings (SSSR count). The zero-order valence-corrected chi connectivity index (χ0v) is 11.2. The second-order valence-electron chi connectivity index (χ2n) is 5.17. The van der Waals surface area contributed by atoms with Crippen molar-refractivity contribution in [2.45, 2.75) is 45.4 Å². The summed E-state index contributed by atoms with van der Waals surface area (Å²) in [7, 11) is 0. The average molecular weight is 246 g/mol. The monoisotopic (exact) mass is 246 g/mol. The number of Topliss-reactive ketones (excluding diaryl/α,β-unsaturated/α-hetero) is 1. The van der Waals surface area contributed by atoms with Gasteiger partial charge >= 0.3 is 0 Å². The fraction of sp³-hybridized carbons (Fsp3) is 0.562. The Balaban J connectivity index is 1.75. The van der Waals surface area contributed by atoms with Crippen molar-refractivity contribution in [3.8, 4) is 5.75 Å². The number of carbonyl (C=O) groups is 1. The molecule has 2 heteroatoms. The van der Waals surface area contributed by atoms with Gasteiger partial charge in [0, 0.05) is 12.3 Å². The molecule has 0 aromatic heterocycles. The Morgan fingerprint density at radius 1 is 1.22 bits per heavy atom. The molecule has 0 unspecified atom stereocenters. The number of benzene rings is 1. The Morgan fingerprint density at radius 3 is 2.67 bits per heavy atom. The third-order valence-electron chi connectivity index (χ3n) is 3.76. The molecule has 98 valence electrons.